The average Bonchev–Trinajstić information content (AvgIpc) is 3.10. The zero-order valence-electron chi connectivity index (χ0n) is 11.5. The van der Waals surface area contributed by atoms with Crippen LogP contribution in [0.3, 0.4) is 0 Å². The highest BCUT2D eigenvalue weighted by atomic mass is 35.5. The first-order valence-electron chi connectivity index (χ1n) is 6.79. The van der Waals surface area contributed by atoms with Gasteiger partial charge in [-0.15, -0.1) is 0 Å². The molecule has 3 rings (SSSR count). The number of rotatable bonds is 5. The van der Waals surface area contributed by atoms with Crippen molar-refractivity contribution in [3.63, 3.8) is 0 Å². The van der Waals surface area contributed by atoms with Crippen molar-refractivity contribution in [1.29, 1.82) is 0 Å². The van der Waals surface area contributed by atoms with Crippen LogP contribution in [-0.2, 0) is 17.8 Å². The van der Waals surface area contributed by atoms with Gasteiger partial charge in [0.1, 0.15) is 11.6 Å². The summed E-state index contributed by atoms with van der Waals surface area (Å²) in [6, 6.07) is 4.11. The Morgan fingerprint density at radius 2 is 2.36 bits per heavy atom. The monoisotopic (exact) mass is 325 g/mol. The molecule has 0 radical (unpaired) electrons. The van der Waals surface area contributed by atoms with Crippen LogP contribution in [0.15, 0.2) is 22.7 Å². The molecule has 116 valence electrons. The Balaban J connectivity index is 1.55. The molecular weight excluding hydrogens is 313 g/mol. The Bertz CT molecular complexity index is 692. The van der Waals surface area contributed by atoms with E-state index in [0.29, 0.717) is 30.3 Å². The maximum absolute atomic E-state index is 13.0. The summed E-state index contributed by atoms with van der Waals surface area (Å²) in [7, 11) is 0. The topological polar surface area (TPSA) is 77.2 Å². The standard InChI is InChI=1S/C14H13ClFN3O3/c15-10-6-9(2-3-11(10)16)21-7-14-18-12(19-22-14)5-8-1-4-13(20)17-8/h2-3,6,8H,1,4-5,7H2,(H,17,20). The Hall–Kier alpha value is -2.15. The molecule has 0 aliphatic carbocycles. The van der Waals surface area contributed by atoms with E-state index in [1.54, 1.807) is 0 Å². The smallest absolute Gasteiger partial charge is 0.264 e. The molecule has 0 bridgehead atoms. The molecule has 1 aliphatic heterocycles. The highest BCUT2D eigenvalue weighted by Gasteiger charge is 2.22. The molecule has 1 aromatic carbocycles. The van der Waals surface area contributed by atoms with E-state index in [9.17, 15) is 9.18 Å². The number of carbonyl (C=O) groups is 1. The summed E-state index contributed by atoms with van der Waals surface area (Å²) in [5, 5.41) is 6.67. The van der Waals surface area contributed by atoms with Crippen LogP contribution in [0.2, 0.25) is 5.02 Å². The summed E-state index contributed by atoms with van der Waals surface area (Å²) in [6.45, 7) is 0.0615. The molecule has 1 N–H and O–H groups in total. The summed E-state index contributed by atoms with van der Waals surface area (Å²) < 4.78 is 23.5. The molecule has 1 unspecified atom stereocenters. The molecule has 1 saturated heterocycles. The maximum Gasteiger partial charge on any atom is 0.264 e. The Kier molecular flexibility index (Phi) is 4.24. The van der Waals surface area contributed by atoms with Gasteiger partial charge in [0, 0.05) is 24.9 Å². The largest absolute Gasteiger partial charge is 0.484 e. The van der Waals surface area contributed by atoms with E-state index in [1.807, 2.05) is 0 Å². The first-order valence-corrected chi connectivity index (χ1v) is 7.16. The molecule has 2 aromatic rings. The molecule has 0 spiro atoms. The van der Waals surface area contributed by atoms with Crippen LogP contribution in [0.25, 0.3) is 0 Å². The van der Waals surface area contributed by atoms with E-state index in [-0.39, 0.29) is 23.6 Å². The Morgan fingerprint density at radius 1 is 1.50 bits per heavy atom. The van der Waals surface area contributed by atoms with E-state index >= 15 is 0 Å². The number of halogens is 2. The first kappa shape index (κ1) is 14.8. The van der Waals surface area contributed by atoms with Gasteiger partial charge in [-0.25, -0.2) is 4.39 Å². The zero-order valence-corrected chi connectivity index (χ0v) is 12.3. The summed E-state index contributed by atoms with van der Waals surface area (Å²) in [4.78, 5) is 15.3. The number of aromatic nitrogens is 2. The molecule has 1 amide bonds. The average molecular weight is 326 g/mol. The quantitative estimate of drug-likeness (QED) is 0.912. The third-order valence-corrected chi connectivity index (χ3v) is 3.57. The number of nitrogens with zero attached hydrogens (tertiary/aromatic N) is 2. The van der Waals surface area contributed by atoms with Crippen LogP contribution in [0, 0.1) is 5.82 Å². The highest BCUT2D eigenvalue weighted by molar-refractivity contribution is 6.30. The summed E-state index contributed by atoms with van der Waals surface area (Å²) in [5.41, 5.74) is 0. The van der Waals surface area contributed by atoms with Crippen molar-refractivity contribution in [2.24, 2.45) is 0 Å². The van der Waals surface area contributed by atoms with Gasteiger partial charge in [-0.05, 0) is 18.6 Å². The van der Waals surface area contributed by atoms with Crippen LogP contribution in [0.5, 0.6) is 5.75 Å². The van der Waals surface area contributed by atoms with Gasteiger partial charge in [0.15, 0.2) is 12.4 Å². The molecule has 6 nitrogen and oxygen atoms in total. The molecule has 2 heterocycles. The fourth-order valence-corrected chi connectivity index (χ4v) is 2.36. The van der Waals surface area contributed by atoms with E-state index in [1.165, 1.54) is 18.2 Å². The van der Waals surface area contributed by atoms with E-state index in [0.717, 1.165) is 6.42 Å². The van der Waals surface area contributed by atoms with Crippen molar-refractivity contribution in [1.82, 2.24) is 15.5 Å². The van der Waals surface area contributed by atoms with Crippen molar-refractivity contribution in [2.45, 2.75) is 31.9 Å². The molecule has 22 heavy (non-hydrogen) atoms. The lowest BCUT2D eigenvalue weighted by molar-refractivity contribution is -0.119. The molecule has 8 heteroatoms. The van der Waals surface area contributed by atoms with Gasteiger partial charge in [-0.2, -0.15) is 4.98 Å². The van der Waals surface area contributed by atoms with Gasteiger partial charge in [-0.3, -0.25) is 4.79 Å². The molecule has 1 fully saturated rings. The second-order valence-corrected chi connectivity index (χ2v) is 5.38. The summed E-state index contributed by atoms with van der Waals surface area (Å²) >= 11 is 5.67. The third kappa shape index (κ3) is 3.54. The number of hydrogen-bond donors (Lipinski definition) is 1. The van der Waals surface area contributed by atoms with Crippen molar-refractivity contribution in [3.05, 3.63) is 40.8 Å². The summed E-state index contributed by atoms with van der Waals surface area (Å²) in [6.07, 6.45) is 1.83. The SMILES string of the molecule is O=C1CCC(Cc2noc(COc3ccc(F)c(Cl)c3)n2)N1. The van der Waals surface area contributed by atoms with Crippen molar-refractivity contribution < 1.29 is 18.4 Å². The van der Waals surface area contributed by atoms with Gasteiger partial charge in [-0.1, -0.05) is 16.8 Å². The van der Waals surface area contributed by atoms with Gasteiger partial charge in [0.2, 0.25) is 5.91 Å². The second kappa shape index (κ2) is 6.31. The van der Waals surface area contributed by atoms with Crippen LogP contribution >= 0.6 is 11.6 Å². The minimum absolute atomic E-state index is 0.0132. The van der Waals surface area contributed by atoms with Crippen LogP contribution in [0.4, 0.5) is 4.39 Å². The van der Waals surface area contributed by atoms with Gasteiger partial charge >= 0.3 is 0 Å². The van der Waals surface area contributed by atoms with Crippen molar-refractivity contribution in [2.75, 3.05) is 0 Å². The minimum atomic E-state index is -0.507. The lowest BCUT2D eigenvalue weighted by Crippen LogP contribution is -2.27. The highest BCUT2D eigenvalue weighted by Crippen LogP contribution is 2.21. The van der Waals surface area contributed by atoms with E-state index in [2.05, 4.69) is 15.5 Å². The summed E-state index contributed by atoms with van der Waals surface area (Å²) in [5.74, 6) is 0.773. The van der Waals surface area contributed by atoms with Gasteiger partial charge < -0.3 is 14.6 Å². The minimum Gasteiger partial charge on any atom is -0.484 e. The second-order valence-electron chi connectivity index (χ2n) is 4.98. The Morgan fingerprint density at radius 3 is 3.09 bits per heavy atom. The maximum atomic E-state index is 13.0. The third-order valence-electron chi connectivity index (χ3n) is 3.28. The Labute approximate surface area is 130 Å². The fraction of sp³-hybridized carbons (Fsp3) is 0.357. The van der Waals surface area contributed by atoms with Crippen molar-refractivity contribution in [3.8, 4) is 5.75 Å². The van der Waals surface area contributed by atoms with E-state index in [4.69, 9.17) is 20.9 Å². The molecule has 1 atom stereocenters. The molecule has 0 saturated carbocycles. The van der Waals surface area contributed by atoms with Crippen LogP contribution < -0.4 is 10.1 Å². The number of amides is 1. The van der Waals surface area contributed by atoms with Gasteiger partial charge in [0.25, 0.3) is 5.89 Å². The normalized spacial score (nSPS) is 17.5. The number of nitrogens with one attached hydrogen (secondary N) is 1. The number of hydrogen-bond acceptors (Lipinski definition) is 5. The van der Waals surface area contributed by atoms with Gasteiger partial charge in [0.05, 0.1) is 5.02 Å². The lowest BCUT2D eigenvalue weighted by atomic mass is 10.1. The first-order chi connectivity index (χ1) is 10.6. The zero-order chi connectivity index (χ0) is 15.5. The predicted molar refractivity (Wildman–Crippen MR) is 74.9 cm³/mol. The van der Waals surface area contributed by atoms with Crippen LogP contribution in [0.1, 0.15) is 24.6 Å². The van der Waals surface area contributed by atoms with E-state index < -0.39 is 5.82 Å². The molecular formula is C14H13ClFN3O3. The number of benzene rings is 1. The van der Waals surface area contributed by atoms with Crippen LogP contribution in [-0.4, -0.2) is 22.1 Å². The molecule has 1 aliphatic rings. The number of carbonyl (C=O) groups excluding carboxylic acids is 1. The number of ether oxygens (including phenoxy) is 1. The molecule has 1 aromatic heterocycles. The fourth-order valence-electron chi connectivity index (χ4n) is 2.19. The van der Waals surface area contributed by atoms with Crippen molar-refractivity contribution >= 4 is 17.5 Å². The predicted octanol–water partition coefficient (Wildman–Crippen LogP) is 2.26. The lowest BCUT2D eigenvalue weighted by Gasteiger charge is -2.05.